The van der Waals surface area contributed by atoms with E-state index < -0.39 is 11.7 Å². The number of halogens is 3. The Labute approximate surface area is 138 Å². The molecule has 1 aliphatic carbocycles. The van der Waals surface area contributed by atoms with Gasteiger partial charge in [0.1, 0.15) is 0 Å². The topological polar surface area (TPSA) is 4.93 Å². The summed E-state index contributed by atoms with van der Waals surface area (Å²) < 4.78 is 40.3. The maximum absolute atomic E-state index is 12.7. The van der Waals surface area contributed by atoms with E-state index in [2.05, 4.69) is 16.7 Å². The Morgan fingerprint density at radius 2 is 1.58 bits per heavy atom. The van der Waals surface area contributed by atoms with Gasteiger partial charge in [-0.2, -0.15) is 13.2 Å². The molecule has 1 fully saturated rings. The third-order valence-corrected chi connectivity index (χ3v) is 4.90. The van der Waals surface area contributed by atoms with E-state index in [1.54, 1.807) is 0 Å². The van der Waals surface area contributed by atoms with Crippen LogP contribution >= 0.6 is 0 Å². The van der Waals surface area contributed by atoms with Crippen LogP contribution in [0.5, 0.6) is 0 Å². The molecule has 0 atom stereocenters. The Kier molecular flexibility index (Phi) is 3.63. The maximum Gasteiger partial charge on any atom is 0.416 e. The Balaban J connectivity index is 1.68. The predicted molar refractivity (Wildman–Crippen MR) is 88.7 cm³/mol. The fourth-order valence-electron chi connectivity index (χ4n) is 3.60. The van der Waals surface area contributed by atoms with E-state index in [0.29, 0.717) is 6.04 Å². The largest absolute Gasteiger partial charge is 0.416 e. The summed E-state index contributed by atoms with van der Waals surface area (Å²) in [5.74, 6) is 0. The van der Waals surface area contributed by atoms with Crippen molar-refractivity contribution in [3.63, 3.8) is 0 Å². The predicted octanol–water partition coefficient (Wildman–Crippen LogP) is 6.24. The number of hydrogen-bond acceptors (Lipinski definition) is 0. The Morgan fingerprint density at radius 3 is 2.25 bits per heavy atom. The van der Waals surface area contributed by atoms with Gasteiger partial charge in [-0.1, -0.05) is 31.0 Å². The molecule has 0 spiro atoms. The molecule has 3 aromatic rings. The summed E-state index contributed by atoms with van der Waals surface area (Å²) in [4.78, 5) is 0. The van der Waals surface area contributed by atoms with Crippen LogP contribution in [0.1, 0.15) is 37.3 Å². The van der Waals surface area contributed by atoms with Crippen molar-refractivity contribution in [2.24, 2.45) is 0 Å². The smallest absolute Gasteiger partial charge is 0.344 e. The first-order valence-electron chi connectivity index (χ1n) is 8.22. The van der Waals surface area contributed by atoms with Crippen LogP contribution in [0.3, 0.4) is 0 Å². The molecule has 1 heterocycles. The second-order valence-corrected chi connectivity index (χ2v) is 6.43. The molecule has 1 nitrogen and oxygen atoms in total. The number of alkyl halides is 3. The van der Waals surface area contributed by atoms with Gasteiger partial charge in [0.2, 0.25) is 0 Å². The minimum Gasteiger partial charge on any atom is -0.344 e. The summed E-state index contributed by atoms with van der Waals surface area (Å²) in [6, 6.07) is 15.2. The molecule has 123 valence electrons. The van der Waals surface area contributed by atoms with Crippen LogP contribution in [0.4, 0.5) is 13.2 Å². The summed E-state index contributed by atoms with van der Waals surface area (Å²) in [6.07, 6.45) is 2.67. The van der Waals surface area contributed by atoms with E-state index in [1.807, 2.05) is 18.3 Å². The molecular formula is C20H17F3N. The van der Waals surface area contributed by atoms with Crippen LogP contribution in [0.2, 0.25) is 0 Å². The van der Waals surface area contributed by atoms with Gasteiger partial charge in [0.15, 0.2) is 0 Å². The lowest BCUT2D eigenvalue weighted by Gasteiger charge is -2.13. The molecule has 1 saturated carbocycles. The van der Waals surface area contributed by atoms with Crippen LogP contribution < -0.4 is 0 Å². The zero-order valence-corrected chi connectivity index (χ0v) is 13.1. The number of hydrogen-bond donors (Lipinski definition) is 0. The minimum atomic E-state index is -4.30. The van der Waals surface area contributed by atoms with Crippen LogP contribution in [0, 0.1) is 6.07 Å². The standard InChI is InChI=1S/C20H17F3N/c21-20(22,23)17-8-5-14(6-9-17)15-7-10-19-16(13-15)11-12-24(19)18-3-1-2-4-18/h5-10,12-13,18H,1-4H2. The lowest BCUT2D eigenvalue weighted by molar-refractivity contribution is -0.137. The van der Waals surface area contributed by atoms with Gasteiger partial charge in [0.25, 0.3) is 0 Å². The van der Waals surface area contributed by atoms with Crippen molar-refractivity contribution >= 4 is 10.9 Å². The van der Waals surface area contributed by atoms with Crippen molar-refractivity contribution in [2.45, 2.75) is 37.9 Å². The number of fused-ring (bicyclic) bond motifs is 1. The van der Waals surface area contributed by atoms with Gasteiger partial charge in [-0.25, -0.2) is 0 Å². The highest BCUT2D eigenvalue weighted by atomic mass is 19.4. The van der Waals surface area contributed by atoms with Gasteiger partial charge in [-0.15, -0.1) is 0 Å². The van der Waals surface area contributed by atoms with Gasteiger partial charge in [0, 0.05) is 29.2 Å². The van der Waals surface area contributed by atoms with Gasteiger partial charge >= 0.3 is 6.18 Å². The van der Waals surface area contributed by atoms with E-state index in [4.69, 9.17) is 0 Å². The average molecular weight is 328 g/mol. The molecule has 4 rings (SSSR count). The van der Waals surface area contributed by atoms with Gasteiger partial charge in [-0.05, 0) is 48.2 Å². The summed E-state index contributed by atoms with van der Waals surface area (Å²) in [5, 5.41) is 1.01. The van der Waals surface area contributed by atoms with Crippen molar-refractivity contribution in [2.75, 3.05) is 0 Å². The normalized spacial score (nSPS) is 16.1. The van der Waals surface area contributed by atoms with Gasteiger partial charge in [0.05, 0.1) is 5.56 Å². The minimum absolute atomic E-state index is 0.552. The fourth-order valence-corrected chi connectivity index (χ4v) is 3.60. The molecule has 2 aromatic carbocycles. The maximum atomic E-state index is 12.7. The third-order valence-electron chi connectivity index (χ3n) is 4.90. The molecule has 1 radical (unpaired) electrons. The number of nitrogens with zero attached hydrogens (tertiary/aromatic N) is 1. The monoisotopic (exact) mass is 328 g/mol. The van der Waals surface area contributed by atoms with Crippen LogP contribution in [-0.4, -0.2) is 4.57 Å². The average Bonchev–Trinajstić information content (AvgIpc) is 3.22. The molecule has 24 heavy (non-hydrogen) atoms. The second kappa shape index (κ2) is 5.69. The molecule has 1 aromatic heterocycles. The van der Waals surface area contributed by atoms with E-state index in [9.17, 15) is 13.2 Å². The van der Waals surface area contributed by atoms with Crippen molar-refractivity contribution < 1.29 is 13.2 Å². The Bertz CT molecular complexity index is 853. The number of rotatable bonds is 2. The summed E-state index contributed by atoms with van der Waals surface area (Å²) >= 11 is 0. The first kappa shape index (κ1) is 15.3. The molecule has 0 aliphatic heterocycles. The van der Waals surface area contributed by atoms with E-state index >= 15 is 0 Å². The van der Waals surface area contributed by atoms with Crippen LogP contribution in [0.15, 0.2) is 48.7 Å². The first-order chi connectivity index (χ1) is 11.5. The summed E-state index contributed by atoms with van der Waals surface area (Å²) in [7, 11) is 0. The Hall–Kier alpha value is -2.23. The highest BCUT2D eigenvalue weighted by molar-refractivity contribution is 5.85. The zero-order chi connectivity index (χ0) is 16.7. The molecule has 0 amide bonds. The number of benzene rings is 2. The highest BCUT2D eigenvalue weighted by Crippen LogP contribution is 2.35. The molecule has 0 bridgehead atoms. The molecule has 0 saturated heterocycles. The van der Waals surface area contributed by atoms with Crippen molar-refractivity contribution in [1.82, 2.24) is 4.57 Å². The highest BCUT2D eigenvalue weighted by Gasteiger charge is 2.30. The lowest BCUT2D eigenvalue weighted by Crippen LogP contribution is -2.04. The Morgan fingerprint density at radius 1 is 0.917 bits per heavy atom. The van der Waals surface area contributed by atoms with E-state index in [-0.39, 0.29) is 0 Å². The molecule has 0 unspecified atom stereocenters. The second-order valence-electron chi connectivity index (χ2n) is 6.43. The summed E-state index contributed by atoms with van der Waals surface area (Å²) in [5.41, 5.74) is 2.23. The van der Waals surface area contributed by atoms with Gasteiger partial charge < -0.3 is 4.57 Å². The van der Waals surface area contributed by atoms with Crippen molar-refractivity contribution in [3.8, 4) is 11.1 Å². The molecule has 4 heteroatoms. The quantitative estimate of drug-likeness (QED) is 0.524. The third kappa shape index (κ3) is 2.70. The first-order valence-corrected chi connectivity index (χ1v) is 8.22. The van der Waals surface area contributed by atoms with Crippen LogP contribution in [-0.2, 0) is 6.18 Å². The van der Waals surface area contributed by atoms with Crippen molar-refractivity contribution in [3.05, 3.63) is 60.3 Å². The lowest BCUT2D eigenvalue weighted by atomic mass is 10.0. The fraction of sp³-hybridized carbons (Fsp3) is 0.300. The van der Waals surface area contributed by atoms with Crippen molar-refractivity contribution in [1.29, 1.82) is 0 Å². The number of aromatic nitrogens is 1. The molecule has 1 aliphatic rings. The van der Waals surface area contributed by atoms with Gasteiger partial charge in [-0.3, -0.25) is 0 Å². The molecular weight excluding hydrogens is 311 g/mol. The molecule has 0 N–H and O–H groups in total. The van der Waals surface area contributed by atoms with Crippen LogP contribution in [0.25, 0.3) is 22.0 Å². The summed E-state index contributed by atoms with van der Waals surface area (Å²) in [6.45, 7) is 0. The van der Waals surface area contributed by atoms with E-state index in [1.165, 1.54) is 37.8 Å². The zero-order valence-electron chi connectivity index (χ0n) is 13.1. The van der Waals surface area contributed by atoms with E-state index in [0.717, 1.165) is 34.2 Å². The SMILES string of the molecule is FC(F)(F)c1ccc(-c2ccc3c([c]cn3C3CCCC3)c2)cc1.